The van der Waals surface area contributed by atoms with Crippen LogP contribution < -0.4 is 11.5 Å². The van der Waals surface area contributed by atoms with Crippen molar-refractivity contribution < 1.29 is 0 Å². The van der Waals surface area contributed by atoms with Crippen LogP contribution >= 0.6 is 45.7 Å². The lowest BCUT2D eigenvalue weighted by atomic mass is 10.0. The number of amidine groups is 1. The van der Waals surface area contributed by atoms with Crippen molar-refractivity contribution in [1.82, 2.24) is 1.33 Å². The quantitative estimate of drug-likeness (QED) is 0.198. The molecule has 0 aromatic heterocycles. The molecule has 0 heterocycles. The molecule has 8 heteroatoms. The van der Waals surface area contributed by atoms with Crippen molar-refractivity contribution in [1.29, 1.82) is 5.41 Å². The summed E-state index contributed by atoms with van der Waals surface area (Å²) >= 11 is 4.16. The van der Waals surface area contributed by atoms with E-state index >= 15 is 0 Å². The highest BCUT2D eigenvalue weighted by molar-refractivity contribution is 14.2. The second-order valence-corrected chi connectivity index (χ2v) is 7.76. The summed E-state index contributed by atoms with van der Waals surface area (Å²) in [7, 11) is 0. The Balaban J connectivity index is 2.44. The van der Waals surface area contributed by atoms with Gasteiger partial charge in [-0.3, -0.25) is 5.41 Å². The molecular weight excluding hydrogens is 470 g/mol. The molecule has 19 heavy (non-hydrogen) atoms. The van der Waals surface area contributed by atoms with Crippen molar-refractivity contribution in [2.24, 2.45) is 21.7 Å². The summed E-state index contributed by atoms with van der Waals surface area (Å²) in [5, 5.41) is 15.9. The van der Waals surface area contributed by atoms with Crippen LogP contribution in [0.15, 0.2) is 28.4 Å². The Bertz CT molecular complexity index is 575. The topological polar surface area (TPSA) is 104 Å². The van der Waals surface area contributed by atoms with Crippen molar-refractivity contribution in [2.45, 2.75) is 12.8 Å². The maximum Gasteiger partial charge on any atom is 0.211 e. The van der Waals surface area contributed by atoms with Crippen molar-refractivity contribution in [3.05, 3.63) is 34.9 Å². The summed E-state index contributed by atoms with van der Waals surface area (Å²) in [6.45, 7) is 0. The molecule has 6 nitrogen and oxygen atoms in total. The predicted molar refractivity (Wildman–Crippen MR) is 93.8 cm³/mol. The van der Waals surface area contributed by atoms with Gasteiger partial charge in [0.2, 0.25) is 5.96 Å². The molecule has 1 aliphatic rings. The fourth-order valence-corrected chi connectivity index (χ4v) is 2.56. The molecule has 0 atom stereocenters. The maximum atomic E-state index is 8.09. The summed E-state index contributed by atoms with van der Waals surface area (Å²) < 4.78 is 1.73. The summed E-state index contributed by atoms with van der Waals surface area (Å²) in [5.74, 6) is 0.427. The number of nitrogens with two attached hydrogens (primary N) is 2. The number of hydrogen-bond acceptors (Lipinski definition) is 3. The molecule has 100 valence electrons. The van der Waals surface area contributed by atoms with E-state index in [9.17, 15) is 0 Å². The molecule has 1 aliphatic carbocycles. The average Bonchev–Trinajstić information content (AvgIpc) is 2.78. The van der Waals surface area contributed by atoms with Crippen molar-refractivity contribution in [2.75, 3.05) is 0 Å². The first-order chi connectivity index (χ1) is 9.00. The van der Waals surface area contributed by atoms with Gasteiger partial charge in [-0.25, -0.2) is 1.33 Å². The van der Waals surface area contributed by atoms with Crippen LogP contribution in [0.25, 0.3) is 0 Å². The third-order valence-corrected chi connectivity index (χ3v) is 3.77. The molecule has 0 bridgehead atoms. The smallest absolute Gasteiger partial charge is 0.211 e. The van der Waals surface area contributed by atoms with Gasteiger partial charge in [0.05, 0.1) is 51.4 Å². The highest BCUT2D eigenvalue weighted by Gasteiger charge is 2.23. The SMILES string of the molecule is N=C(c1cccc2c1CC/C2=N\N=C(N)N)N(I)I. The van der Waals surface area contributed by atoms with Gasteiger partial charge in [0.15, 0.2) is 0 Å². The monoisotopic (exact) mass is 482 g/mol. The molecule has 0 aliphatic heterocycles. The van der Waals surface area contributed by atoms with Gasteiger partial charge in [-0.2, -0.15) is 5.10 Å². The summed E-state index contributed by atoms with van der Waals surface area (Å²) in [4.78, 5) is 0. The van der Waals surface area contributed by atoms with Crippen LogP contribution in [0, 0.1) is 5.41 Å². The number of halogens is 2. The highest BCUT2D eigenvalue weighted by atomic mass is 127. The van der Waals surface area contributed by atoms with E-state index < -0.39 is 0 Å². The molecule has 0 amide bonds. The van der Waals surface area contributed by atoms with Gasteiger partial charge >= 0.3 is 0 Å². The Morgan fingerprint density at radius 2 is 2.00 bits per heavy atom. The van der Waals surface area contributed by atoms with E-state index in [2.05, 4.69) is 55.9 Å². The minimum absolute atomic E-state index is 0.0458. The van der Waals surface area contributed by atoms with E-state index in [1.807, 2.05) is 18.2 Å². The Labute approximate surface area is 138 Å². The second-order valence-electron chi connectivity index (χ2n) is 3.98. The fourth-order valence-electron chi connectivity index (χ4n) is 2.04. The van der Waals surface area contributed by atoms with E-state index in [-0.39, 0.29) is 5.96 Å². The van der Waals surface area contributed by atoms with E-state index in [0.29, 0.717) is 5.84 Å². The van der Waals surface area contributed by atoms with Gasteiger partial charge in [-0.15, -0.1) is 5.10 Å². The average molecular weight is 482 g/mol. The van der Waals surface area contributed by atoms with Crippen molar-refractivity contribution >= 4 is 63.2 Å². The van der Waals surface area contributed by atoms with E-state index in [1.165, 1.54) is 0 Å². The van der Waals surface area contributed by atoms with Crippen molar-refractivity contribution in [3.8, 4) is 0 Å². The van der Waals surface area contributed by atoms with Gasteiger partial charge in [0, 0.05) is 11.1 Å². The molecule has 0 fully saturated rings. The fraction of sp³-hybridized carbons (Fsp3) is 0.182. The molecule has 5 N–H and O–H groups in total. The van der Waals surface area contributed by atoms with E-state index in [1.54, 1.807) is 1.33 Å². The molecule has 0 radical (unpaired) electrons. The van der Waals surface area contributed by atoms with Crippen LogP contribution in [0.3, 0.4) is 0 Å². The third kappa shape index (κ3) is 3.16. The predicted octanol–water partition coefficient (Wildman–Crippen LogP) is 1.94. The van der Waals surface area contributed by atoms with Crippen LogP contribution in [0.1, 0.15) is 23.1 Å². The highest BCUT2D eigenvalue weighted by Crippen LogP contribution is 2.28. The zero-order valence-corrected chi connectivity index (χ0v) is 14.2. The Kier molecular flexibility index (Phi) is 4.60. The lowest BCUT2D eigenvalue weighted by Crippen LogP contribution is -2.22. The Morgan fingerprint density at radius 1 is 1.26 bits per heavy atom. The molecule has 1 aromatic rings. The molecule has 2 rings (SSSR count). The van der Waals surface area contributed by atoms with Gasteiger partial charge in [0.25, 0.3) is 0 Å². The zero-order chi connectivity index (χ0) is 14.0. The minimum Gasteiger partial charge on any atom is -0.369 e. The van der Waals surface area contributed by atoms with Crippen molar-refractivity contribution in [3.63, 3.8) is 0 Å². The molecule has 0 saturated heterocycles. The Hall–Kier alpha value is -0.910. The number of hydrogen-bond donors (Lipinski definition) is 3. The van der Waals surface area contributed by atoms with Crippen LogP contribution in [-0.4, -0.2) is 18.8 Å². The summed E-state index contributed by atoms with van der Waals surface area (Å²) in [6, 6.07) is 5.87. The Morgan fingerprint density at radius 3 is 2.63 bits per heavy atom. The number of nitrogens with one attached hydrogen (secondary N) is 1. The summed E-state index contributed by atoms with van der Waals surface area (Å²) in [5.41, 5.74) is 14.5. The van der Waals surface area contributed by atoms with Gasteiger partial charge in [-0.1, -0.05) is 18.2 Å². The minimum atomic E-state index is -0.0458. The van der Waals surface area contributed by atoms with Crippen LogP contribution in [-0.2, 0) is 6.42 Å². The normalized spacial score (nSPS) is 15.2. The van der Waals surface area contributed by atoms with Gasteiger partial charge in [-0.05, 0) is 18.4 Å². The standard InChI is InChI=1S/C11H12I2N6/c12-19(13)10(14)8-3-1-2-7-6(8)4-5-9(7)17-18-11(15)16/h1-3,14H,4-5H2,(H4,15,16,18)/b14-10?,17-9+. The number of rotatable bonds is 2. The zero-order valence-electron chi connectivity index (χ0n) is 9.90. The first-order valence-corrected chi connectivity index (χ1v) is 7.42. The first-order valence-electron chi connectivity index (χ1n) is 5.49. The lowest BCUT2D eigenvalue weighted by molar-refractivity contribution is 1.07. The molecule has 0 unspecified atom stereocenters. The van der Waals surface area contributed by atoms with Gasteiger partial charge in [0.1, 0.15) is 5.84 Å². The van der Waals surface area contributed by atoms with Crippen LogP contribution in [0.4, 0.5) is 0 Å². The first kappa shape index (κ1) is 14.5. The third-order valence-electron chi connectivity index (χ3n) is 2.81. The lowest BCUT2D eigenvalue weighted by Gasteiger charge is -2.12. The molecular formula is C11H12I2N6. The second kappa shape index (κ2) is 6.03. The molecule has 1 aromatic carbocycles. The molecule has 0 saturated carbocycles. The molecule has 0 spiro atoms. The number of nitrogens with zero attached hydrogens (tertiary/aromatic N) is 3. The summed E-state index contributed by atoms with van der Waals surface area (Å²) in [6.07, 6.45) is 1.65. The number of fused-ring (bicyclic) bond motifs is 1. The van der Waals surface area contributed by atoms with Gasteiger partial charge < -0.3 is 11.5 Å². The van der Waals surface area contributed by atoms with E-state index in [4.69, 9.17) is 16.9 Å². The number of guanidine groups is 1. The van der Waals surface area contributed by atoms with Crippen LogP contribution in [0.5, 0.6) is 0 Å². The number of benzene rings is 1. The van der Waals surface area contributed by atoms with E-state index in [0.717, 1.165) is 35.2 Å². The maximum absolute atomic E-state index is 8.09. The largest absolute Gasteiger partial charge is 0.369 e. The van der Waals surface area contributed by atoms with Crippen LogP contribution in [0.2, 0.25) is 0 Å².